The van der Waals surface area contributed by atoms with E-state index in [1.165, 1.54) is 7.11 Å². The Morgan fingerprint density at radius 2 is 2.44 bits per heavy atom. The number of furan rings is 1. The summed E-state index contributed by atoms with van der Waals surface area (Å²) < 4.78 is 11.9. The van der Waals surface area contributed by atoms with Crippen molar-refractivity contribution in [3.8, 4) is 11.4 Å². The number of methoxy groups -OCH3 is 1. The maximum atomic E-state index is 11.5. The minimum Gasteiger partial charge on any atom is -0.472 e. The SMILES string of the molecule is COC(=O)C1CCn2c(nnc2-c2ccoc2)C1. The lowest BCUT2D eigenvalue weighted by molar-refractivity contribution is -0.146. The Morgan fingerprint density at radius 1 is 1.56 bits per heavy atom. The van der Waals surface area contributed by atoms with Gasteiger partial charge in [0.05, 0.1) is 24.9 Å². The standard InChI is InChI=1S/C12H13N3O3/c1-17-12(16)8-2-4-15-10(6-8)13-14-11(15)9-3-5-18-7-9/h3,5,7-8H,2,4,6H2,1H3. The van der Waals surface area contributed by atoms with Gasteiger partial charge >= 0.3 is 5.97 Å². The van der Waals surface area contributed by atoms with E-state index in [9.17, 15) is 4.79 Å². The summed E-state index contributed by atoms with van der Waals surface area (Å²) in [6, 6.07) is 1.85. The maximum Gasteiger partial charge on any atom is 0.309 e. The van der Waals surface area contributed by atoms with Gasteiger partial charge in [-0.1, -0.05) is 0 Å². The minimum atomic E-state index is -0.172. The van der Waals surface area contributed by atoms with Crippen LogP contribution in [0.15, 0.2) is 23.0 Å². The van der Waals surface area contributed by atoms with Gasteiger partial charge in [0.2, 0.25) is 0 Å². The predicted octanol–water partition coefficient (Wildman–Crippen LogP) is 1.27. The summed E-state index contributed by atoms with van der Waals surface area (Å²) in [6.07, 6.45) is 4.58. The molecule has 0 radical (unpaired) electrons. The molecule has 6 heteroatoms. The summed E-state index contributed by atoms with van der Waals surface area (Å²) in [5.41, 5.74) is 0.908. The average Bonchev–Trinajstić information content (AvgIpc) is 3.05. The van der Waals surface area contributed by atoms with Gasteiger partial charge in [-0.05, 0) is 12.5 Å². The zero-order chi connectivity index (χ0) is 12.5. The number of aromatic nitrogens is 3. The van der Waals surface area contributed by atoms with Crippen LogP contribution in [0.2, 0.25) is 0 Å². The third-order valence-electron chi connectivity index (χ3n) is 3.27. The Morgan fingerprint density at radius 3 is 3.17 bits per heavy atom. The topological polar surface area (TPSA) is 70.2 Å². The van der Waals surface area contributed by atoms with Crippen LogP contribution in [0.5, 0.6) is 0 Å². The van der Waals surface area contributed by atoms with Crippen LogP contribution in [0.3, 0.4) is 0 Å². The molecule has 18 heavy (non-hydrogen) atoms. The third-order valence-corrected chi connectivity index (χ3v) is 3.27. The van der Waals surface area contributed by atoms with Crippen molar-refractivity contribution in [2.24, 2.45) is 5.92 Å². The molecular formula is C12H13N3O3. The molecule has 2 aromatic heterocycles. The number of rotatable bonds is 2. The summed E-state index contributed by atoms with van der Waals surface area (Å²) in [5, 5.41) is 8.30. The van der Waals surface area contributed by atoms with Crippen LogP contribution >= 0.6 is 0 Å². The fourth-order valence-corrected chi connectivity index (χ4v) is 2.30. The lowest BCUT2D eigenvalue weighted by Crippen LogP contribution is -2.27. The van der Waals surface area contributed by atoms with E-state index in [0.717, 1.165) is 30.2 Å². The first-order valence-corrected chi connectivity index (χ1v) is 5.82. The van der Waals surface area contributed by atoms with Crippen LogP contribution in [0, 0.1) is 5.92 Å². The molecule has 1 atom stereocenters. The van der Waals surface area contributed by atoms with Crippen LogP contribution in [0.25, 0.3) is 11.4 Å². The van der Waals surface area contributed by atoms with Crippen LogP contribution in [0.1, 0.15) is 12.2 Å². The molecule has 3 heterocycles. The molecule has 0 fully saturated rings. The lowest BCUT2D eigenvalue weighted by atomic mass is 9.98. The second kappa shape index (κ2) is 4.29. The van der Waals surface area contributed by atoms with E-state index < -0.39 is 0 Å². The summed E-state index contributed by atoms with van der Waals surface area (Å²) in [4.78, 5) is 11.5. The molecule has 0 aliphatic carbocycles. The van der Waals surface area contributed by atoms with Gasteiger partial charge in [0.1, 0.15) is 12.1 Å². The Labute approximate surface area is 104 Å². The Hall–Kier alpha value is -2.11. The Balaban J connectivity index is 1.89. The molecule has 0 saturated heterocycles. The predicted molar refractivity (Wildman–Crippen MR) is 61.6 cm³/mol. The Kier molecular flexibility index (Phi) is 2.62. The molecule has 0 bridgehead atoms. The quantitative estimate of drug-likeness (QED) is 0.747. The number of fused-ring (bicyclic) bond motifs is 1. The number of ether oxygens (including phenoxy) is 1. The van der Waals surface area contributed by atoms with E-state index in [2.05, 4.69) is 10.2 Å². The second-order valence-corrected chi connectivity index (χ2v) is 4.32. The number of carbonyl (C=O) groups is 1. The number of nitrogens with zero attached hydrogens (tertiary/aromatic N) is 3. The molecule has 1 aliphatic rings. The molecule has 0 aromatic carbocycles. The summed E-state index contributed by atoms with van der Waals surface area (Å²) in [7, 11) is 1.42. The summed E-state index contributed by atoms with van der Waals surface area (Å²) >= 11 is 0. The highest BCUT2D eigenvalue weighted by Crippen LogP contribution is 2.26. The minimum absolute atomic E-state index is 0.108. The molecule has 6 nitrogen and oxygen atoms in total. The van der Waals surface area contributed by atoms with E-state index in [1.807, 2.05) is 10.6 Å². The van der Waals surface area contributed by atoms with Crippen LogP contribution in [0.4, 0.5) is 0 Å². The average molecular weight is 247 g/mol. The molecule has 3 rings (SSSR count). The van der Waals surface area contributed by atoms with E-state index in [0.29, 0.717) is 6.42 Å². The molecule has 0 spiro atoms. The van der Waals surface area contributed by atoms with Gasteiger partial charge in [-0.15, -0.1) is 10.2 Å². The fraction of sp³-hybridized carbons (Fsp3) is 0.417. The smallest absolute Gasteiger partial charge is 0.309 e. The van der Waals surface area contributed by atoms with Gasteiger partial charge in [0, 0.05) is 13.0 Å². The van der Waals surface area contributed by atoms with Gasteiger partial charge in [-0.25, -0.2) is 0 Å². The van der Waals surface area contributed by atoms with Crippen molar-refractivity contribution in [3.63, 3.8) is 0 Å². The second-order valence-electron chi connectivity index (χ2n) is 4.32. The van der Waals surface area contributed by atoms with Crippen molar-refractivity contribution in [2.45, 2.75) is 19.4 Å². The van der Waals surface area contributed by atoms with Gasteiger partial charge in [-0.2, -0.15) is 0 Å². The zero-order valence-electron chi connectivity index (χ0n) is 10.00. The molecule has 1 aliphatic heterocycles. The molecule has 0 saturated carbocycles. The van der Waals surface area contributed by atoms with Crippen molar-refractivity contribution < 1.29 is 13.9 Å². The summed E-state index contributed by atoms with van der Waals surface area (Å²) in [5.74, 6) is 1.34. The van der Waals surface area contributed by atoms with E-state index >= 15 is 0 Å². The van der Waals surface area contributed by atoms with Crippen molar-refractivity contribution in [2.75, 3.05) is 7.11 Å². The van der Waals surface area contributed by atoms with E-state index in [-0.39, 0.29) is 11.9 Å². The Bertz CT molecular complexity index is 559. The normalized spacial score (nSPS) is 18.4. The van der Waals surface area contributed by atoms with Gasteiger partial charge in [0.25, 0.3) is 0 Å². The summed E-state index contributed by atoms with van der Waals surface area (Å²) in [6.45, 7) is 0.725. The van der Waals surface area contributed by atoms with Crippen LogP contribution in [-0.2, 0) is 22.5 Å². The first-order chi connectivity index (χ1) is 8.79. The molecule has 0 amide bonds. The van der Waals surface area contributed by atoms with E-state index in [4.69, 9.17) is 9.15 Å². The third kappa shape index (κ3) is 1.70. The molecular weight excluding hydrogens is 234 g/mol. The lowest BCUT2D eigenvalue weighted by Gasteiger charge is -2.21. The zero-order valence-corrected chi connectivity index (χ0v) is 10.00. The van der Waals surface area contributed by atoms with Crippen molar-refractivity contribution >= 4 is 5.97 Å². The molecule has 0 N–H and O–H groups in total. The number of hydrogen-bond donors (Lipinski definition) is 0. The number of hydrogen-bond acceptors (Lipinski definition) is 5. The van der Waals surface area contributed by atoms with E-state index in [1.54, 1.807) is 12.5 Å². The first-order valence-electron chi connectivity index (χ1n) is 5.82. The first kappa shape index (κ1) is 11.0. The highest BCUT2D eigenvalue weighted by molar-refractivity contribution is 5.72. The van der Waals surface area contributed by atoms with Crippen molar-refractivity contribution in [1.82, 2.24) is 14.8 Å². The fourth-order valence-electron chi connectivity index (χ4n) is 2.30. The highest BCUT2D eigenvalue weighted by Gasteiger charge is 2.28. The maximum absolute atomic E-state index is 11.5. The van der Waals surface area contributed by atoms with Gasteiger partial charge in [0.15, 0.2) is 5.82 Å². The largest absolute Gasteiger partial charge is 0.472 e. The van der Waals surface area contributed by atoms with Gasteiger partial charge in [-0.3, -0.25) is 4.79 Å². The molecule has 2 aromatic rings. The number of esters is 1. The molecule has 1 unspecified atom stereocenters. The van der Waals surface area contributed by atoms with Crippen LogP contribution in [-0.4, -0.2) is 27.8 Å². The van der Waals surface area contributed by atoms with Crippen molar-refractivity contribution in [3.05, 3.63) is 24.4 Å². The van der Waals surface area contributed by atoms with Crippen LogP contribution < -0.4 is 0 Å². The molecule has 94 valence electrons. The highest BCUT2D eigenvalue weighted by atomic mass is 16.5. The van der Waals surface area contributed by atoms with Crippen molar-refractivity contribution in [1.29, 1.82) is 0 Å². The number of carbonyl (C=O) groups excluding carboxylic acids is 1. The monoisotopic (exact) mass is 247 g/mol. The van der Waals surface area contributed by atoms with Gasteiger partial charge < -0.3 is 13.7 Å².